The topological polar surface area (TPSA) is 72.5 Å². The molecule has 20 heavy (non-hydrogen) atoms. The highest BCUT2D eigenvalue weighted by atomic mass is 35.7. The smallest absolute Gasteiger partial charge is 0.264 e. The van der Waals surface area contributed by atoms with E-state index in [4.69, 9.17) is 15.4 Å². The summed E-state index contributed by atoms with van der Waals surface area (Å²) in [5.41, 5.74) is 0.471. The molecule has 112 valence electrons. The molecule has 0 aliphatic carbocycles. The quantitative estimate of drug-likeness (QED) is 0.818. The number of benzene rings is 1. The van der Waals surface area contributed by atoms with Crippen molar-refractivity contribution >= 4 is 31.3 Å². The third kappa shape index (κ3) is 4.68. The Morgan fingerprint density at radius 1 is 1.45 bits per heavy atom. The van der Waals surface area contributed by atoms with Crippen LogP contribution >= 0.6 is 10.7 Å². The zero-order chi connectivity index (χ0) is 15.3. The van der Waals surface area contributed by atoms with Gasteiger partial charge in [-0.3, -0.25) is 4.79 Å². The average Bonchev–Trinajstić information content (AvgIpc) is 2.36. The predicted octanol–water partition coefficient (Wildman–Crippen LogP) is 3.00. The van der Waals surface area contributed by atoms with Crippen LogP contribution in [0.3, 0.4) is 0 Å². The fourth-order valence-corrected chi connectivity index (χ4v) is 2.62. The lowest BCUT2D eigenvalue weighted by Gasteiger charge is -2.11. The van der Waals surface area contributed by atoms with Crippen molar-refractivity contribution in [1.82, 2.24) is 0 Å². The number of hydrogen-bond donors (Lipinski definition) is 1. The third-order valence-corrected chi connectivity index (χ3v) is 4.30. The molecule has 0 saturated heterocycles. The predicted molar refractivity (Wildman–Crippen MR) is 78.7 cm³/mol. The van der Waals surface area contributed by atoms with E-state index in [-0.39, 0.29) is 16.6 Å². The van der Waals surface area contributed by atoms with Crippen LogP contribution < -0.4 is 10.1 Å². The molecule has 0 bridgehead atoms. The van der Waals surface area contributed by atoms with Gasteiger partial charge < -0.3 is 10.1 Å². The minimum Gasteiger partial charge on any atom is -0.495 e. The molecule has 5 nitrogen and oxygen atoms in total. The van der Waals surface area contributed by atoms with E-state index in [1.54, 1.807) is 0 Å². The monoisotopic (exact) mass is 319 g/mol. The Labute approximate surface area is 123 Å². The minimum atomic E-state index is -3.88. The molecule has 1 rings (SSSR count). The van der Waals surface area contributed by atoms with E-state index in [0.29, 0.717) is 18.0 Å². The molecule has 0 heterocycles. The molecule has 0 aliphatic heterocycles. The summed E-state index contributed by atoms with van der Waals surface area (Å²) in [5, 5.41) is 2.70. The molecule has 0 saturated carbocycles. The molecule has 1 aromatic carbocycles. The number of ether oxygens (including phenoxy) is 1. The Balaban J connectivity index is 2.92. The Hall–Kier alpha value is -1.27. The fraction of sp³-hybridized carbons (Fsp3) is 0.462. The molecule has 7 heteroatoms. The number of nitrogens with one attached hydrogen (secondary N) is 1. The van der Waals surface area contributed by atoms with Crippen molar-refractivity contribution in [2.24, 2.45) is 5.92 Å². The molecule has 1 unspecified atom stereocenters. The number of hydrogen-bond acceptors (Lipinski definition) is 4. The Bertz CT molecular complexity index is 586. The van der Waals surface area contributed by atoms with E-state index in [9.17, 15) is 13.2 Å². The van der Waals surface area contributed by atoms with Gasteiger partial charge in [-0.1, -0.05) is 20.3 Å². The van der Waals surface area contributed by atoms with Crippen LogP contribution in [0.2, 0.25) is 0 Å². The first-order valence-corrected chi connectivity index (χ1v) is 8.51. The van der Waals surface area contributed by atoms with E-state index in [2.05, 4.69) is 5.32 Å². The van der Waals surface area contributed by atoms with Gasteiger partial charge in [-0.05, 0) is 18.1 Å². The third-order valence-electron chi connectivity index (χ3n) is 2.94. The molecular weight excluding hydrogens is 302 g/mol. The number of carbonyl (C=O) groups is 1. The maximum absolute atomic E-state index is 11.8. The summed E-state index contributed by atoms with van der Waals surface area (Å²) in [6.45, 7) is 4.00. The number of rotatable bonds is 6. The van der Waals surface area contributed by atoms with Gasteiger partial charge in [-0.15, -0.1) is 0 Å². The van der Waals surface area contributed by atoms with Crippen LogP contribution in [0.4, 0.5) is 5.69 Å². The Morgan fingerprint density at radius 3 is 2.60 bits per heavy atom. The van der Waals surface area contributed by atoms with E-state index in [1.165, 1.54) is 25.3 Å². The van der Waals surface area contributed by atoms with Gasteiger partial charge in [-0.25, -0.2) is 8.42 Å². The van der Waals surface area contributed by atoms with Crippen LogP contribution in [0.1, 0.15) is 26.7 Å². The number of halogens is 1. The van der Waals surface area contributed by atoms with Gasteiger partial charge in [0, 0.05) is 28.9 Å². The highest BCUT2D eigenvalue weighted by molar-refractivity contribution is 8.13. The largest absolute Gasteiger partial charge is 0.495 e. The summed E-state index contributed by atoms with van der Waals surface area (Å²) in [4.78, 5) is 11.6. The molecule has 1 aromatic rings. The number of carbonyl (C=O) groups excluding carboxylic acids is 1. The average molecular weight is 320 g/mol. The minimum absolute atomic E-state index is 0.0985. The fourth-order valence-electron chi connectivity index (χ4n) is 1.62. The highest BCUT2D eigenvalue weighted by Gasteiger charge is 2.17. The van der Waals surface area contributed by atoms with Gasteiger partial charge in [0.15, 0.2) is 0 Å². The van der Waals surface area contributed by atoms with E-state index >= 15 is 0 Å². The summed E-state index contributed by atoms with van der Waals surface area (Å²) >= 11 is 0. The zero-order valence-corrected chi connectivity index (χ0v) is 13.2. The van der Waals surface area contributed by atoms with Crippen molar-refractivity contribution in [1.29, 1.82) is 0 Å². The van der Waals surface area contributed by atoms with Crippen LogP contribution in [0.25, 0.3) is 0 Å². The molecule has 0 fully saturated rings. The molecule has 1 atom stereocenters. The van der Waals surface area contributed by atoms with Gasteiger partial charge in [-0.2, -0.15) is 0 Å². The second-order valence-electron chi connectivity index (χ2n) is 4.57. The highest BCUT2D eigenvalue weighted by Crippen LogP contribution is 2.29. The van der Waals surface area contributed by atoms with Crippen molar-refractivity contribution < 1.29 is 17.9 Å². The Morgan fingerprint density at radius 2 is 2.10 bits per heavy atom. The van der Waals surface area contributed by atoms with Crippen LogP contribution in [-0.4, -0.2) is 21.4 Å². The second kappa shape index (κ2) is 6.95. The zero-order valence-electron chi connectivity index (χ0n) is 11.6. The van der Waals surface area contributed by atoms with Gasteiger partial charge in [0.05, 0.1) is 7.11 Å². The first-order chi connectivity index (χ1) is 9.27. The van der Waals surface area contributed by atoms with E-state index in [0.717, 1.165) is 6.42 Å². The van der Waals surface area contributed by atoms with Crippen molar-refractivity contribution in [2.75, 3.05) is 12.4 Å². The van der Waals surface area contributed by atoms with Crippen molar-refractivity contribution in [2.45, 2.75) is 31.6 Å². The lowest BCUT2D eigenvalue weighted by molar-refractivity contribution is -0.117. The number of anilines is 1. The summed E-state index contributed by atoms with van der Waals surface area (Å²) in [5.74, 6) is 0.267. The first-order valence-electron chi connectivity index (χ1n) is 6.20. The first kappa shape index (κ1) is 16.8. The maximum atomic E-state index is 11.8. The van der Waals surface area contributed by atoms with Crippen LogP contribution in [0.5, 0.6) is 5.75 Å². The van der Waals surface area contributed by atoms with E-state index in [1.807, 2.05) is 13.8 Å². The van der Waals surface area contributed by atoms with E-state index < -0.39 is 9.05 Å². The van der Waals surface area contributed by atoms with Crippen LogP contribution in [-0.2, 0) is 13.8 Å². The molecule has 1 amide bonds. The summed E-state index contributed by atoms with van der Waals surface area (Å²) in [7, 11) is 2.75. The lowest BCUT2D eigenvalue weighted by atomic mass is 10.1. The standard InChI is InChI=1S/C13H18ClNO4S/c1-4-9(2)7-13(16)15-10-5-6-12(20(14,17)18)11(8-10)19-3/h5-6,8-9H,4,7H2,1-3H3,(H,15,16). The molecule has 0 spiro atoms. The van der Waals surface area contributed by atoms with Crippen molar-refractivity contribution in [3.63, 3.8) is 0 Å². The lowest BCUT2D eigenvalue weighted by Crippen LogP contribution is -2.15. The van der Waals surface area contributed by atoms with Gasteiger partial charge in [0.25, 0.3) is 9.05 Å². The normalized spacial score (nSPS) is 12.8. The van der Waals surface area contributed by atoms with Crippen molar-refractivity contribution in [3.8, 4) is 5.75 Å². The van der Waals surface area contributed by atoms with Crippen LogP contribution in [0, 0.1) is 5.92 Å². The van der Waals surface area contributed by atoms with Crippen LogP contribution in [0.15, 0.2) is 23.1 Å². The number of methoxy groups -OCH3 is 1. The number of amides is 1. The summed E-state index contributed by atoms with van der Waals surface area (Å²) < 4.78 is 27.6. The molecule has 1 N–H and O–H groups in total. The SMILES string of the molecule is CCC(C)CC(=O)Nc1ccc(S(=O)(=O)Cl)c(OC)c1. The summed E-state index contributed by atoms with van der Waals surface area (Å²) in [6.07, 6.45) is 1.33. The Kier molecular flexibility index (Phi) is 5.83. The molecule has 0 aliphatic rings. The summed E-state index contributed by atoms with van der Waals surface area (Å²) in [6, 6.07) is 4.22. The molecular formula is C13H18ClNO4S. The van der Waals surface area contributed by atoms with Gasteiger partial charge in [0.1, 0.15) is 10.6 Å². The van der Waals surface area contributed by atoms with Crippen molar-refractivity contribution in [3.05, 3.63) is 18.2 Å². The van der Waals surface area contributed by atoms with Gasteiger partial charge >= 0.3 is 0 Å². The van der Waals surface area contributed by atoms with Gasteiger partial charge in [0.2, 0.25) is 5.91 Å². The second-order valence-corrected chi connectivity index (χ2v) is 7.10. The molecule has 0 radical (unpaired) electrons. The maximum Gasteiger partial charge on any atom is 0.264 e. The molecule has 0 aromatic heterocycles.